The zero-order valence-electron chi connectivity index (χ0n) is 14.4. The van der Waals surface area contributed by atoms with Crippen molar-refractivity contribution in [3.8, 4) is 5.88 Å². The van der Waals surface area contributed by atoms with Gasteiger partial charge in [-0.2, -0.15) is 0 Å². The lowest BCUT2D eigenvalue weighted by atomic mass is 10.3. The van der Waals surface area contributed by atoms with Crippen LogP contribution in [0.25, 0.3) is 0 Å². The van der Waals surface area contributed by atoms with Gasteiger partial charge in [-0.3, -0.25) is 0 Å². The van der Waals surface area contributed by atoms with E-state index in [9.17, 15) is 0 Å². The van der Waals surface area contributed by atoms with Crippen LogP contribution < -0.4 is 15.4 Å². The maximum absolute atomic E-state index is 5.48. The highest BCUT2D eigenvalue weighted by atomic mass is 16.5. The van der Waals surface area contributed by atoms with Gasteiger partial charge in [-0.05, 0) is 31.0 Å². The largest absolute Gasteiger partial charge is 0.478 e. The van der Waals surface area contributed by atoms with Gasteiger partial charge in [0.25, 0.3) is 0 Å². The number of nitrogens with one attached hydrogen (secondary N) is 2. The number of hydrogen-bond acceptors (Lipinski definition) is 4. The number of guanidine groups is 1. The molecular formula is C18H26N4O2. The molecule has 2 N–H and O–H groups in total. The van der Waals surface area contributed by atoms with E-state index in [0.717, 1.165) is 43.2 Å². The summed E-state index contributed by atoms with van der Waals surface area (Å²) in [5, 5.41) is 6.54. The molecular weight excluding hydrogens is 304 g/mol. The van der Waals surface area contributed by atoms with Crippen LogP contribution in [0.15, 0.2) is 46.1 Å². The summed E-state index contributed by atoms with van der Waals surface area (Å²) in [7, 11) is 0. The molecule has 0 fully saturated rings. The smallest absolute Gasteiger partial charge is 0.213 e. The molecule has 2 heterocycles. The maximum atomic E-state index is 5.48. The molecule has 2 aromatic heterocycles. The summed E-state index contributed by atoms with van der Waals surface area (Å²) in [6.45, 7) is 6.96. The van der Waals surface area contributed by atoms with Gasteiger partial charge in [-0.15, -0.1) is 0 Å². The SMILES string of the molecule is CCCOc1ccc(CN=C(NCC)NCCc2ccco2)cn1. The minimum Gasteiger partial charge on any atom is -0.478 e. The molecule has 6 heteroatoms. The van der Waals surface area contributed by atoms with E-state index in [1.54, 1.807) is 12.5 Å². The molecule has 0 aliphatic heterocycles. The van der Waals surface area contributed by atoms with Crippen LogP contribution in [0.5, 0.6) is 5.88 Å². The van der Waals surface area contributed by atoms with Crippen LogP contribution in [0.1, 0.15) is 31.6 Å². The molecule has 0 saturated heterocycles. The second kappa shape index (κ2) is 10.3. The topological polar surface area (TPSA) is 71.7 Å². The Morgan fingerprint density at radius 3 is 2.83 bits per heavy atom. The van der Waals surface area contributed by atoms with Crippen LogP contribution >= 0.6 is 0 Å². The van der Waals surface area contributed by atoms with Crippen molar-refractivity contribution in [1.29, 1.82) is 0 Å². The lowest BCUT2D eigenvalue weighted by Crippen LogP contribution is -2.38. The lowest BCUT2D eigenvalue weighted by molar-refractivity contribution is 0.305. The van der Waals surface area contributed by atoms with Crippen LogP contribution in [0.4, 0.5) is 0 Å². The molecule has 0 atom stereocenters. The van der Waals surface area contributed by atoms with Crippen LogP contribution in [0.2, 0.25) is 0 Å². The predicted octanol–water partition coefficient (Wildman–Crippen LogP) is 2.76. The van der Waals surface area contributed by atoms with Crippen molar-refractivity contribution in [2.24, 2.45) is 4.99 Å². The Hall–Kier alpha value is -2.50. The number of nitrogens with zero attached hydrogens (tertiary/aromatic N) is 2. The van der Waals surface area contributed by atoms with Gasteiger partial charge in [0, 0.05) is 31.8 Å². The molecule has 0 radical (unpaired) electrons. The molecule has 130 valence electrons. The zero-order valence-corrected chi connectivity index (χ0v) is 14.4. The highest BCUT2D eigenvalue weighted by molar-refractivity contribution is 5.79. The Kier molecular flexibility index (Phi) is 7.67. The molecule has 0 aromatic carbocycles. The third-order valence-corrected chi connectivity index (χ3v) is 3.26. The fourth-order valence-electron chi connectivity index (χ4n) is 2.07. The van der Waals surface area contributed by atoms with Gasteiger partial charge in [0.05, 0.1) is 19.4 Å². The van der Waals surface area contributed by atoms with Crippen molar-refractivity contribution in [2.75, 3.05) is 19.7 Å². The first-order valence-corrected chi connectivity index (χ1v) is 8.44. The quantitative estimate of drug-likeness (QED) is 0.546. The molecule has 0 aliphatic rings. The summed E-state index contributed by atoms with van der Waals surface area (Å²) in [5.41, 5.74) is 1.04. The fraction of sp³-hybridized carbons (Fsp3) is 0.444. The van der Waals surface area contributed by atoms with E-state index in [2.05, 4.69) is 27.5 Å². The van der Waals surface area contributed by atoms with Crippen LogP contribution in [0, 0.1) is 0 Å². The number of furan rings is 1. The van der Waals surface area contributed by atoms with Crippen molar-refractivity contribution in [2.45, 2.75) is 33.2 Å². The summed E-state index contributed by atoms with van der Waals surface area (Å²) < 4.78 is 10.8. The summed E-state index contributed by atoms with van der Waals surface area (Å²) in [6, 6.07) is 7.75. The number of ether oxygens (including phenoxy) is 1. The van der Waals surface area contributed by atoms with E-state index in [-0.39, 0.29) is 0 Å². The van der Waals surface area contributed by atoms with Gasteiger partial charge in [-0.1, -0.05) is 13.0 Å². The first kappa shape index (κ1) is 17.8. The van der Waals surface area contributed by atoms with Gasteiger partial charge in [-0.25, -0.2) is 9.98 Å². The number of aromatic nitrogens is 1. The average Bonchev–Trinajstić information content (AvgIpc) is 3.12. The first-order valence-electron chi connectivity index (χ1n) is 8.44. The summed E-state index contributed by atoms with van der Waals surface area (Å²) >= 11 is 0. The minimum absolute atomic E-state index is 0.567. The fourth-order valence-corrected chi connectivity index (χ4v) is 2.07. The second-order valence-corrected chi connectivity index (χ2v) is 5.30. The Morgan fingerprint density at radius 1 is 1.25 bits per heavy atom. The molecule has 2 rings (SSSR count). The summed E-state index contributed by atoms with van der Waals surface area (Å²) in [4.78, 5) is 8.87. The van der Waals surface area contributed by atoms with E-state index in [4.69, 9.17) is 9.15 Å². The minimum atomic E-state index is 0.567. The normalized spacial score (nSPS) is 11.3. The number of hydrogen-bond donors (Lipinski definition) is 2. The highest BCUT2D eigenvalue weighted by Gasteiger charge is 2.01. The molecule has 2 aromatic rings. The molecule has 0 bridgehead atoms. The van der Waals surface area contributed by atoms with Gasteiger partial charge in [0.15, 0.2) is 5.96 Å². The molecule has 0 aliphatic carbocycles. The lowest BCUT2D eigenvalue weighted by Gasteiger charge is -2.10. The maximum Gasteiger partial charge on any atom is 0.213 e. The van der Waals surface area contributed by atoms with Gasteiger partial charge in [0.2, 0.25) is 5.88 Å². The zero-order chi connectivity index (χ0) is 17.0. The number of aliphatic imine (C=N–C) groups is 1. The van der Waals surface area contributed by atoms with E-state index in [1.807, 2.05) is 31.2 Å². The first-order chi connectivity index (χ1) is 11.8. The Labute approximate surface area is 143 Å². The Bertz CT molecular complexity index is 594. The molecule has 0 unspecified atom stereocenters. The predicted molar refractivity (Wildman–Crippen MR) is 95.3 cm³/mol. The molecule has 6 nitrogen and oxygen atoms in total. The number of pyridine rings is 1. The molecule has 0 saturated carbocycles. The molecule has 24 heavy (non-hydrogen) atoms. The summed E-state index contributed by atoms with van der Waals surface area (Å²) in [6.07, 6.45) is 5.29. The second-order valence-electron chi connectivity index (χ2n) is 5.30. The monoisotopic (exact) mass is 330 g/mol. The van der Waals surface area contributed by atoms with Crippen molar-refractivity contribution in [1.82, 2.24) is 15.6 Å². The van der Waals surface area contributed by atoms with E-state index in [1.165, 1.54) is 0 Å². The van der Waals surface area contributed by atoms with Crippen LogP contribution in [0.3, 0.4) is 0 Å². The van der Waals surface area contributed by atoms with Crippen LogP contribution in [-0.4, -0.2) is 30.6 Å². The van der Waals surface area contributed by atoms with E-state index < -0.39 is 0 Å². The van der Waals surface area contributed by atoms with Crippen molar-refractivity contribution in [3.63, 3.8) is 0 Å². The molecule has 0 amide bonds. The number of rotatable bonds is 9. The Balaban J connectivity index is 1.82. The van der Waals surface area contributed by atoms with E-state index in [0.29, 0.717) is 19.0 Å². The van der Waals surface area contributed by atoms with Crippen molar-refractivity contribution >= 4 is 5.96 Å². The van der Waals surface area contributed by atoms with E-state index >= 15 is 0 Å². The van der Waals surface area contributed by atoms with Gasteiger partial charge < -0.3 is 19.8 Å². The third-order valence-electron chi connectivity index (χ3n) is 3.26. The van der Waals surface area contributed by atoms with Gasteiger partial charge in [0.1, 0.15) is 5.76 Å². The van der Waals surface area contributed by atoms with Crippen LogP contribution in [-0.2, 0) is 13.0 Å². The third kappa shape index (κ3) is 6.32. The van der Waals surface area contributed by atoms with Gasteiger partial charge >= 0.3 is 0 Å². The van der Waals surface area contributed by atoms with Crippen molar-refractivity contribution < 1.29 is 9.15 Å². The highest BCUT2D eigenvalue weighted by Crippen LogP contribution is 2.08. The molecule has 0 spiro atoms. The Morgan fingerprint density at radius 2 is 2.17 bits per heavy atom. The summed E-state index contributed by atoms with van der Waals surface area (Å²) in [5.74, 6) is 2.41. The van der Waals surface area contributed by atoms with Crippen molar-refractivity contribution in [3.05, 3.63) is 48.0 Å². The standard InChI is InChI=1S/C18H26N4O2/c1-3-11-24-17-8-7-15(13-21-17)14-22-18(19-4-2)20-10-9-16-6-5-12-23-16/h5-8,12-13H,3-4,9-11,14H2,1-2H3,(H2,19,20,22). The average molecular weight is 330 g/mol.